The van der Waals surface area contributed by atoms with Crippen LogP contribution in [0.1, 0.15) is 44.0 Å². The van der Waals surface area contributed by atoms with Crippen molar-refractivity contribution in [2.75, 3.05) is 13.1 Å². The molecule has 1 aromatic rings. The van der Waals surface area contributed by atoms with Crippen LogP contribution >= 0.6 is 0 Å². The average molecular weight is 209 g/mol. The van der Waals surface area contributed by atoms with E-state index >= 15 is 0 Å². The zero-order valence-electron chi connectivity index (χ0n) is 9.19. The summed E-state index contributed by atoms with van der Waals surface area (Å²) in [5, 5.41) is 13.0. The minimum absolute atomic E-state index is 0.428. The first-order valence-electron chi connectivity index (χ1n) is 5.73. The Morgan fingerprint density at radius 1 is 1.73 bits per heavy atom. The summed E-state index contributed by atoms with van der Waals surface area (Å²) in [6.07, 6.45) is 6.42. The third kappa shape index (κ3) is 2.38. The van der Waals surface area contributed by atoms with Gasteiger partial charge in [-0.2, -0.15) is 0 Å². The Morgan fingerprint density at radius 3 is 3.27 bits per heavy atom. The van der Waals surface area contributed by atoms with Crippen LogP contribution in [0, 0.1) is 0 Å². The van der Waals surface area contributed by atoms with Crippen molar-refractivity contribution in [2.24, 2.45) is 0 Å². The molecule has 0 amide bonds. The second-order valence-electron chi connectivity index (χ2n) is 4.18. The van der Waals surface area contributed by atoms with E-state index in [1.165, 1.54) is 12.8 Å². The van der Waals surface area contributed by atoms with Gasteiger partial charge in [-0.15, -0.1) is 0 Å². The van der Waals surface area contributed by atoms with Crippen LogP contribution in [0.4, 0.5) is 0 Å². The maximum atomic E-state index is 9.65. The number of imidazole rings is 1. The molecule has 0 radical (unpaired) electrons. The van der Waals surface area contributed by atoms with Crippen LogP contribution < -0.4 is 5.32 Å². The number of aliphatic hydroxyl groups is 1. The molecule has 1 saturated heterocycles. The van der Waals surface area contributed by atoms with Crippen molar-refractivity contribution in [1.82, 2.24) is 14.9 Å². The Bertz CT molecular complexity index is 305. The molecule has 2 rings (SSSR count). The molecule has 1 aromatic heterocycles. The standard InChI is InChI=1S/C11H19N3O/c1-2-11(15)14-7-10(13-8-14)9-4-3-5-12-6-9/h7-9,11-12,15H,2-6H2,1H3. The van der Waals surface area contributed by atoms with Crippen LogP contribution in [-0.4, -0.2) is 27.7 Å². The van der Waals surface area contributed by atoms with Crippen molar-refractivity contribution in [3.05, 3.63) is 18.2 Å². The van der Waals surface area contributed by atoms with Gasteiger partial charge in [0.05, 0.1) is 12.0 Å². The summed E-state index contributed by atoms with van der Waals surface area (Å²) in [4.78, 5) is 4.37. The van der Waals surface area contributed by atoms with Crippen molar-refractivity contribution in [2.45, 2.75) is 38.3 Å². The summed E-state index contributed by atoms with van der Waals surface area (Å²) in [7, 11) is 0. The molecule has 0 spiro atoms. The summed E-state index contributed by atoms with van der Waals surface area (Å²) in [6.45, 7) is 4.10. The third-order valence-corrected chi connectivity index (χ3v) is 3.05. The first-order chi connectivity index (χ1) is 7.31. The molecule has 1 fully saturated rings. The number of aromatic nitrogens is 2. The lowest BCUT2D eigenvalue weighted by molar-refractivity contribution is 0.0997. The maximum Gasteiger partial charge on any atom is 0.131 e. The van der Waals surface area contributed by atoms with Gasteiger partial charge in [0.2, 0.25) is 0 Å². The molecule has 15 heavy (non-hydrogen) atoms. The largest absolute Gasteiger partial charge is 0.373 e. The molecular formula is C11H19N3O. The summed E-state index contributed by atoms with van der Waals surface area (Å²) in [5.41, 5.74) is 1.11. The van der Waals surface area contributed by atoms with Crippen molar-refractivity contribution >= 4 is 0 Å². The summed E-state index contributed by atoms with van der Waals surface area (Å²) in [6, 6.07) is 0. The van der Waals surface area contributed by atoms with Gasteiger partial charge in [-0.25, -0.2) is 4.98 Å². The first-order valence-corrected chi connectivity index (χ1v) is 5.73. The van der Waals surface area contributed by atoms with Crippen molar-refractivity contribution in [3.63, 3.8) is 0 Å². The lowest BCUT2D eigenvalue weighted by Crippen LogP contribution is -2.28. The molecule has 2 atom stereocenters. The number of hydrogen-bond acceptors (Lipinski definition) is 3. The van der Waals surface area contributed by atoms with E-state index in [1.54, 1.807) is 10.9 Å². The third-order valence-electron chi connectivity index (χ3n) is 3.05. The molecule has 1 aliphatic rings. The van der Waals surface area contributed by atoms with Crippen LogP contribution in [0.15, 0.2) is 12.5 Å². The Morgan fingerprint density at radius 2 is 2.60 bits per heavy atom. The van der Waals surface area contributed by atoms with E-state index in [1.807, 2.05) is 13.1 Å². The number of piperidine rings is 1. The first kappa shape index (κ1) is 10.6. The fourth-order valence-electron chi connectivity index (χ4n) is 2.04. The topological polar surface area (TPSA) is 50.1 Å². The van der Waals surface area contributed by atoms with Crippen molar-refractivity contribution < 1.29 is 5.11 Å². The predicted octanol–water partition coefficient (Wildman–Crippen LogP) is 1.25. The van der Waals surface area contributed by atoms with E-state index in [4.69, 9.17) is 0 Å². The molecule has 4 heteroatoms. The fourth-order valence-corrected chi connectivity index (χ4v) is 2.04. The number of hydrogen-bond donors (Lipinski definition) is 2. The maximum absolute atomic E-state index is 9.65. The van der Waals surface area contributed by atoms with Crippen LogP contribution in [0.2, 0.25) is 0 Å². The van der Waals surface area contributed by atoms with E-state index in [0.29, 0.717) is 5.92 Å². The molecule has 2 heterocycles. The Labute approximate surface area is 90.3 Å². The molecule has 2 N–H and O–H groups in total. The predicted molar refractivity (Wildman–Crippen MR) is 58.6 cm³/mol. The van der Waals surface area contributed by atoms with Gasteiger partial charge in [0.1, 0.15) is 6.23 Å². The van der Waals surface area contributed by atoms with E-state index in [9.17, 15) is 5.11 Å². The minimum Gasteiger partial charge on any atom is -0.373 e. The fraction of sp³-hybridized carbons (Fsp3) is 0.727. The summed E-state index contributed by atoms with van der Waals surface area (Å²) in [5.74, 6) is 0.518. The second kappa shape index (κ2) is 4.77. The van der Waals surface area contributed by atoms with Gasteiger partial charge in [-0.1, -0.05) is 6.92 Å². The van der Waals surface area contributed by atoms with Crippen LogP contribution in [-0.2, 0) is 0 Å². The van der Waals surface area contributed by atoms with E-state index in [2.05, 4.69) is 10.3 Å². The van der Waals surface area contributed by atoms with Crippen molar-refractivity contribution in [3.8, 4) is 0 Å². The number of aliphatic hydroxyl groups excluding tert-OH is 1. The highest BCUT2D eigenvalue weighted by atomic mass is 16.3. The van der Waals surface area contributed by atoms with E-state index in [-0.39, 0.29) is 0 Å². The highest BCUT2D eigenvalue weighted by Gasteiger charge is 2.18. The van der Waals surface area contributed by atoms with E-state index in [0.717, 1.165) is 25.2 Å². The van der Waals surface area contributed by atoms with Gasteiger partial charge in [0, 0.05) is 18.7 Å². The van der Waals surface area contributed by atoms with Gasteiger partial charge in [0.25, 0.3) is 0 Å². The molecule has 84 valence electrons. The number of rotatable bonds is 3. The van der Waals surface area contributed by atoms with Crippen LogP contribution in [0.3, 0.4) is 0 Å². The summed E-state index contributed by atoms with van der Waals surface area (Å²) >= 11 is 0. The molecular weight excluding hydrogens is 190 g/mol. The molecule has 0 bridgehead atoms. The Kier molecular flexibility index (Phi) is 3.38. The quantitative estimate of drug-likeness (QED) is 0.787. The molecule has 0 aliphatic carbocycles. The molecule has 0 aromatic carbocycles. The van der Waals surface area contributed by atoms with Gasteiger partial charge < -0.3 is 15.0 Å². The normalized spacial score (nSPS) is 24.0. The highest BCUT2D eigenvalue weighted by Crippen LogP contribution is 2.22. The van der Waals surface area contributed by atoms with Gasteiger partial charge >= 0.3 is 0 Å². The van der Waals surface area contributed by atoms with Gasteiger partial charge in [0.15, 0.2) is 0 Å². The minimum atomic E-state index is -0.428. The molecule has 0 saturated carbocycles. The second-order valence-corrected chi connectivity index (χ2v) is 4.18. The zero-order valence-corrected chi connectivity index (χ0v) is 9.19. The Hall–Kier alpha value is -0.870. The highest BCUT2D eigenvalue weighted by molar-refractivity contribution is 5.07. The van der Waals surface area contributed by atoms with Gasteiger partial charge in [-0.05, 0) is 25.8 Å². The van der Waals surface area contributed by atoms with Crippen molar-refractivity contribution in [1.29, 1.82) is 0 Å². The van der Waals surface area contributed by atoms with E-state index < -0.39 is 6.23 Å². The lowest BCUT2D eigenvalue weighted by Gasteiger charge is -2.20. The molecule has 2 unspecified atom stereocenters. The lowest BCUT2D eigenvalue weighted by atomic mass is 9.97. The number of nitrogens with zero attached hydrogens (tertiary/aromatic N) is 2. The molecule has 4 nitrogen and oxygen atoms in total. The van der Waals surface area contributed by atoms with Crippen LogP contribution in [0.25, 0.3) is 0 Å². The number of nitrogens with one attached hydrogen (secondary N) is 1. The van der Waals surface area contributed by atoms with Crippen LogP contribution in [0.5, 0.6) is 0 Å². The zero-order chi connectivity index (χ0) is 10.7. The average Bonchev–Trinajstić information content (AvgIpc) is 2.78. The summed E-state index contributed by atoms with van der Waals surface area (Å²) < 4.78 is 1.80. The molecule has 1 aliphatic heterocycles. The Balaban J connectivity index is 2.05. The monoisotopic (exact) mass is 209 g/mol. The SMILES string of the molecule is CCC(O)n1cnc(C2CCCNC2)c1. The van der Waals surface area contributed by atoms with Gasteiger partial charge in [-0.3, -0.25) is 0 Å². The smallest absolute Gasteiger partial charge is 0.131 e.